The summed E-state index contributed by atoms with van der Waals surface area (Å²) in [6.45, 7) is 11.1. The lowest BCUT2D eigenvalue weighted by molar-refractivity contribution is -0.132. The summed E-state index contributed by atoms with van der Waals surface area (Å²) in [6.07, 6.45) is 4.43. The number of carbonyl (C=O) groups excluding carboxylic acids is 1. The number of rotatable bonds is 9. The number of benzene rings is 1. The van der Waals surface area contributed by atoms with Crippen molar-refractivity contribution in [3.63, 3.8) is 0 Å². The Hall–Kier alpha value is -1.48. The van der Waals surface area contributed by atoms with Gasteiger partial charge in [-0.1, -0.05) is 32.4 Å². The summed E-state index contributed by atoms with van der Waals surface area (Å²) >= 11 is 0. The van der Waals surface area contributed by atoms with E-state index >= 15 is 0 Å². The molecule has 8 heteroatoms. The quantitative estimate of drug-likeness (QED) is 0.607. The molecule has 1 amide bonds. The van der Waals surface area contributed by atoms with Gasteiger partial charge in [-0.15, -0.1) is 0 Å². The zero-order valence-corrected chi connectivity index (χ0v) is 20.7. The number of amides is 1. The molecule has 0 aromatic heterocycles. The molecule has 2 aliphatic heterocycles. The predicted molar refractivity (Wildman–Crippen MR) is 128 cm³/mol. The summed E-state index contributed by atoms with van der Waals surface area (Å²) in [7, 11) is -3.75. The molecule has 0 radical (unpaired) electrons. The van der Waals surface area contributed by atoms with Gasteiger partial charge in [-0.2, -0.15) is 4.31 Å². The van der Waals surface area contributed by atoms with Gasteiger partial charge >= 0.3 is 0 Å². The molecular formula is C24H40N4O3S. The second-order valence-corrected chi connectivity index (χ2v) is 11.5. The van der Waals surface area contributed by atoms with Gasteiger partial charge in [0.2, 0.25) is 15.9 Å². The van der Waals surface area contributed by atoms with Crippen LogP contribution in [0.2, 0.25) is 0 Å². The van der Waals surface area contributed by atoms with Gasteiger partial charge < -0.3 is 10.2 Å². The maximum absolute atomic E-state index is 13.6. The van der Waals surface area contributed by atoms with Crippen LogP contribution in [0.1, 0.15) is 45.6 Å². The Morgan fingerprint density at radius 1 is 1.12 bits per heavy atom. The number of nitrogens with zero attached hydrogens (tertiary/aromatic N) is 3. The van der Waals surface area contributed by atoms with Crippen LogP contribution in [-0.2, 0) is 21.2 Å². The first kappa shape index (κ1) is 25.1. The van der Waals surface area contributed by atoms with Crippen LogP contribution in [0.4, 0.5) is 0 Å². The molecule has 2 aliphatic rings. The van der Waals surface area contributed by atoms with Crippen molar-refractivity contribution in [3.8, 4) is 0 Å². The van der Waals surface area contributed by atoms with E-state index in [1.54, 1.807) is 17.0 Å². The van der Waals surface area contributed by atoms with Gasteiger partial charge in [0.1, 0.15) is 0 Å². The number of hydrogen-bond acceptors (Lipinski definition) is 5. The normalized spacial score (nSPS) is 20.8. The topological polar surface area (TPSA) is 73.0 Å². The van der Waals surface area contributed by atoms with E-state index < -0.39 is 10.0 Å². The van der Waals surface area contributed by atoms with Crippen molar-refractivity contribution in [1.82, 2.24) is 19.4 Å². The van der Waals surface area contributed by atoms with Gasteiger partial charge in [-0.3, -0.25) is 9.69 Å². The van der Waals surface area contributed by atoms with Crippen molar-refractivity contribution >= 4 is 15.9 Å². The first-order chi connectivity index (χ1) is 15.3. The average Bonchev–Trinajstić information content (AvgIpc) is 2.78. The fourth-order valence-corrected chi connectivity index (χ4v) is 5.98. The molecule has 32 heavy (non-hydrogen) atoms. The van der Waals surface area contributed by atoms with Crippen molar-refractivity contribution in [2.45, 2.75) is 57.4 Å². The van der Waals surface area contributed by atoms with E-state index in [2.05, 4.69) is 31.0 Å². The van der Waals surface area contributed by atoms with Crippen LogP contribution < -0.4 is 5.32 Å². The summed E-state index contributed by atoms with van der Waals surface area (Å²) in [5, 5.41) is 3.24. The Kier molecular flexibility index (Phi) is 9.11. The second kappa shape index (κ2) is 11.6. The average molecular weight is 465 g/mol. The molecule has 2 heterocycles. The second-order valence-electron chi connectivity index (χ2n) is 9.59. The maximum Gasteiger partial charge on any atom is 0.243 e. The van der Waals surface area contributed by atoms with Crippen molar-refractivity contribution in [2.24, 2.45) is 5.92 Å². The number of likely N-dealkylation sites (tertiary alicyclic amines) is 1. The van der Waals surface area contributed by atoms with E-state index in [0.29, 0.717) is 38.1 Å². The Labute approximate surface area is 194 Å². The molecule has 7 nitrogen and oxygen atoms in total. The van der Waals surface area contributed by atoms with Gasteiger partial charge in [0.15, 0.2) is 0 Å². The van der Waals surface area contributed by atoms with Crippen LogP contribution >= 0.6 is 0 Å². The van der Waals surface area contributed by atoms with Crippen LogP contribution in [0.15, 0.2) is 29.2 Å². The summed E-state index contributed by atoms with van der Waals surface area (Å²) < 4.78 is 28.5. The van der Waals surface area contributed by atoms with Gasteiger partial charge in [-0.05, 0) is 56.3 Å². The SMILES string of the molecule is CC(C)Cc1ccc(S(=O)(=O)N(CCN2CCCC[C@H]2C)CC(=O)N2CCNCC2)cc1. The summed E-state index contributed by atoms with van der Waals surface area (Å²) in [6, 6.07) is 7.64. The number of hydrogen-bond donors (Lipinski definition) is 1. The number of piperidine rings is 1. The van der Waals surface area contributed by atoms with Gasteiger partial charge in [0.25, 0.3) is 0 Å². The number of carbonyl (C=O) groups is 1. The van der Waals surface area contributed by atoms with E-state index in [1.165, 1.54) is 10.7 Å². The number of sulfonamides is 1. The third kappa shape index (κ3) is 6.76. The van der Waals surface area contributed by atoms with E-state index in [1.807, 2.05) is 12.1 Å². The number of piperazine rings is 1. The van der Waals surface area contributed by atoms with E-state index in [4.69, 9.17) is 0 Å². The first-order valence-electron chi connectivity index (χ1n) is 12.1. The van der Waals surface area contributed by atoms with Gasteiger partial charge in [0.05, 0.1) is 11.4 Å². The highest BCUT2D eigenvalue weighted by Crippen LogP contribution is 2.20. The van der Waals surface area contributed by atoms with Gasteiger partial charge in [0, 0.05) is 45.3 Å². The van der Waals surface area contributed by atoms with Crippen LogP contribution in [0, 0.1) is 5.92 Å². The van der Waals surface area contributed by atoms with Crippen LogP contribution in [0.3, 0.4) is 0 Å². The first-order valence-corrected chi connectivity index (χ1v) is 13.5. The molecule has 1 aromatic carbocycles. The molecule has 0 aliphatic carbocycles. The molecule has 2 saturated heterocycles. The minimum absolute atomic E-state index is 0.0989. The summed E-state index contributed by atoms with van der Waals surface area (Å²) in [4.78, 5) is 17.4. The Morgan fingerprint density at radius 2 is 1.81 bits per heavy atom. The highest BCUT2D eigenvalue weighted by atomic mass is 32.2. The molecule has 0 unspecified atom stereocenters. The fourth-order valence-electron chi connectivity index (χ4n) is 4.60. The molecule has 1 aromatic rings. The molecule has 0 saturated carbocycles. The van der Waals surface area contributed by atoms with Crippen LogP contribution in [-0.4, -0.2) is 86.8 Å². The van der Waals surface area contributed by atoms with Crippen molar-refractivity contribution in [3.05, 3.63) is 29.8 Å². The Bertz CT molecular complexity index is 835. The van der Waals surface area contributed by atoms with Crippen molar-refractivity contribution < 1.29 is 13.2 Å². The summed E-state index contributed by atoms with van der Waals surface area (Å²) in [5.74, 6) is 0.398. The minimum atomic E-state index is -3.75. The molecule has 1 N–H and O–H groups in total. The standard InChI is InChI=1S/C24H40N4O3S/c1-20(2)18-22-7-9-23(10-8-22)32(30,31)28(17-16-26-13-5-4-6-21(26)3)19-24(29)27-14-11-25-12-15-27/h7-10,20-21,25H,4-6,11-19H2,1-3H3/t21-/m1/s1. The Balaban J connectivity index is 1.76. The lowest BCUT2D eigenvalue weighted by atomic mass is 10.0. The highest BCUT2D eigenvalue weighted by Gasteiger charge is 2.30. The summed E-state index contributed by atoms with van der Waals surface area (Å²) in [5.41, 5.74) is 1.13. The number of nitrogens with one attached hydrogen (secondary N) is 1. The molecule has 0 spiro atoms. The zero-order chi connectivity index (χ0) is 23.1. The van der Waals surface area contributed by atoms with Gasteiger partial charge in [-0.25, -0.2) is 8.42 Å². The highest BCUT2D eigenvalue weighted by molar-refractivity contribution is 7.89. The Morgan fingerprint density at radius 3 is 2.44 bits per heavy atom. The molecule has 2 fully saturated rings. The van der Waals surface area contributed by atoms with Crippen molar-refractivity contribution in [1.29, 1.82) is 0 Å². The molecule has 1 atom stereocenters. The lowest BCUT2D eigenvalue weighted by Crippen LogP contribution is -2.51. The van der Waals surface area contributed by atoms with E-state index in [-0.39, 0.29) is 17.3 Å². The smallest absolute Gasteiger partial charge is 0.243 e. The van der Waals surface area contributed by atoms with E-state index in [0.717, 1.165) is 44.5 Å². The van der Waals surface area contributed by atoms with E-state index in [9.17, 15) is 13.2 Å². The third-order valence-corrected chi connectivity index (χ3v) is 8.42. The maximum atomic E-state index is 13.6. The van der Waals surface area contributed by atoms with Crippen LogP contribution in [0.25, 0.3) is 0 Å². The molecule has 0 bridgehead atoms. The molecule has 180 valence electrons. The predicted octanol–water partition coefficient (Wildman–Crippen LogP) is 2.18. The van der Waals surface area contributed by atoms with Crippen LogP contribution in [0.5, 0.6) is 0 Å². The minimum Gasteiger partial charge on any atom is -0.339 e. The monoisotopic (exact) mass is 464 g/mol. The molecular weight excluding hydrogens is 424 g/mol. The van der Waals surface area contributed by atoms with Crippen molar-refractivity contribution in [2.75, 3.05) is 52.4 Å². The largest absolute Gasteiger partial charge is 0.339 e. The zero-order valence-electron chi connectivity index (χ0n) is 19.9. The molecule has 3 rings (SSSR count). The lowest BCUT2D eigenvalue weighted by Gasteiger charge is -2.35. The fraction of sp³-hybridized carbons (Fsp3) is 0.708. The third-order valence-electron chi connectivity index (χ3n) is 6.56.